The molecule has 1 aromatic carbocycles. The van der Waals surface area contributed by atoms with Crippen LogP contribution in [0.5, 0.6) is 0 Å². The number of benzene rings is 1. The Morgan fingerprint density at radius 2 is 1.90 bits per heavy atom. The van der Waals surface area contributed by atoms with Gasteiger partial charge in [-0.3, -0.25) is 14.9 Å². The maximum Gasteiger partial charge on any atom is 0.414 e. The summed E-state index contributed by atoms with van der Waals surface area (Å²) in [6.45, 7) is 6.10. The maximum atomic E-state index is 12.8. The fraction of sp³-hybridized carbons (Fsp3) is 0.409. The van der Waals surface area contributed by atoms with Gasteiger partial charge in [-0.05, 0) is 67.7 Å². The van der Waals surface area contributed by atoms with Gasteiger partial charge >= 0.3 is 6.09 Å². The summed E-state index contributed by atoms with van der Waals surface area (Å²) in [6, 6.07) is 7.39. The van der Waals surface area contributed by atoms with Crippen LogP contribution in [-0.4, -0.2) is 30.3 Å². The van der Waals surface area contributed by atoms with Gasteiger partial charge in [-0.25, -0.2) is 4.79 Å². The number of rotatable bonds is 6. The molecule has 0 bridgehead atoms. The standard InChI is InChI=1S/C22H26N2O4S2/c1-4-28-22(27)24-20(26)18-16-11-6-13(3)12-17(16)30-21(18)23-19(25)14-7-9-15(10-8-14)29-5-2/h7-10,13H,4-6,11-12H2,1-3H3,(H,23,25)(H,24,26,27). The molecular weight excluding hydrogens is 420 g/mol. The van der Waals surface area contributed by atoms with Crippen LogP contribution in [0, 0.1) is 5.92 Å². The number of fused-ring (bicyclic) bond motifs is 1. The zero-order valence-corrected chi connectivity index (χ0v) is 19.0. The van der Waals surface area contributed by atoms with Crippen molar-refractivity contribution < 1.29 is 19.1 Å². The van der Waals surface area contributed by atoms with E-state index in [4.69, 9.17) is 4.74 Å². The number of thioether (sulfide) groups is 1. The number of hydrogen-bond donors (Lipinski definition) is 2. The van der Waals surface area contributed by atoms with E-state index in [-0.39, 0.29) is 12.5 Å². The highest BCUT2D eigenvalue weighted by molar-refractivity contribution is 7.99. The van der Waals surface area contributed by atoms with Crippen LogP contribution in [0.15, 0.2) is 29.2 Å². The van der Waals surface area contributed by atoms with Crippen LogP contribution in [0.25, 0.3) is 0 Å². The molecule has 3 amide bonds. The molecule has 0 saturated carbocycles. The molecule has 0 spiro atoms. The molecule has 1 aliphatic carbocycles. The predicted octanol–water partition coefficient (Wildman–Crippen LogP) is 5.12. The highest BCUT2D eigenvalue weighted by Crippen LogP contribution is 2.40. The van der Waals surface area contributed by atoms with Gasteiger partial charge in [0.05, 0.1) is 12.2 Å². The van der Waals surface area contributed by atoms with E-state index in [9.17, 15) is 14.4 Å². The van der Waals surface area contributed by atoms with E-state index < -0.39 is 12.0 Å². The molecule has 1 unspecified atom stereocenters. The average Bonchev–Trinajstić information content (AvgIpc) is 3.05. The Bertz CT molecular complexity index is 937. The minimum atomic E-state index is -0.784. The predicted molar refractivity (Wildman–Crippen MR) is 121 cm³/mol. The highest BCUT2D eigenvalue weighted by Gasteiger charge is 2.29. The Hall–Kier alpha value is -2.32. The summed E-state index contributed by atoms with van der Waals surface area (Å²) in [5.41, 5.74) is 1.82. The zero-order chi connectivity index (χ0) is 21.7. The number of thiophene rings is 1. The van der Waals surface area contributed by atoms with Gasteiger partial charge in [0.1, 0.15) is 5.00 Å². The van der Waals surface area contributed by atoms with Gasteiger partial charge in [0.25, 0.3) is 11.8 Å². The summed E-state index contributed by atoms with van der Waals surface area (Å²) in [6.07, 6.45) is 1.79. The lowest BCUT2D eigenvalue weighted by Gasteiger charge is -2.18. The molecule has 1 aliphatic rings. The monoisotopic (exact) mass is 446 g/mol. The minimum absolute atomic E-state index is 0.175. The van der Waals surface area contributed by atoms with Crippen molar-refractivity contribution in [1.29, 1.82) is 0 Å². The molecule has 0 radical (unpaired) electrons. The van der Waals surface area contributed by atoms with E-state index in [1.54, 1.807) is 30.8 Å². The summed E-state index contributed by atoms with van der Waals surface area (Å²) in [7, 11) is 0. The number of carbonyl (C=O) groups is 3. The topological polar surface area (TPSA) is 84.5 Å². The van der Waals surface area contributed by atoms with Crippen LogP contribution < -0.4 is 10.6 Å². The smallest absolute Gasteiger partial charge is 0.414 e. The Labute approximate surface area is 184 Å². The number of amides is 3. The fourth-order valence-electron chi connectivity index (χ4n) is 3.45. The van der Waals surface area contributed by atoms with Crippen molar-refractivity contribution >= 4 is 46.0 Å². The molecule has 30 heavy (non-hydrogen) atoms. The molecule has 2 N–H and O–H groups in total. The molecule has 3 rings (SSSR count). The largest absolute Gasteiger partial charge is 0.450 e. The molecule has 0 fully saturated rings. The average molecular weight is 447 g/mol. The summed E-state index contributed by atoms with van der Waals surface area (Å²) >= 11 is 3.13. The van der Waals surface area contributed by atoms with E-state index in [0.717, 1.165) is 40.4 Å². The third-order valence-corrected chi connectivity index (χ3v) is 6.95. The molecule has 6 nitrogen and oxygen atoms in total. The van der Waals surface area contributed by atoms with E-state index in [2.05, 4.69) is 24.5 Å². The van der Waals surface area contributed by atoms with Gasteiger partial charge in [0.2, 0.25) is 0 Å². The quantitative estimate of drug-likeness (QED) is 0.602. The number of alkyl carbamates (subject to hydrolysis) is 1. The third-order valence-electron chi connectivity index (χ3n) is 4.88. The Kier molecular flexibility index (Phi) is 7.55. The highest BCUT2D eigenvalue weighted by atomic mass is 32.2. The minimum Gasteiger partial charge on any atom is -0.450 e. The number of anilines is 1. The summed E-state index contributed by atoms with van der Waals surface area (Å²) in [5.74, 6) is 0.665. The SMILES string of the molecule is CCOC(=O)NC(=O)c1c(NC(=O)c2ccc(SCC)cc2)sc2c1CCC(C)C2. The number of nitrogens with one attached hydrogen (secondary N) is 2. The maximum absolute atomic E-state index is 12.8. The normalized spacial score (nSPS) is 15.2. The molecule has 1 aromatic heterocycles. The van der Waals surface area contributed by atoms with Crippen LogP contribution in [0.2, 0.25) is 0 Å². The van der Waals surface area contributed by atoms with Gasteiger partial charge in [0, 0.05) is 15.3 Å². The van der Waals surface area contributed by atoms with E-state index in [1.165, 1.54) is 11.3 Å². The molecule has 1 heterocycles. The first-order chi connectivity index (χ1) is 14.4. The van der Waals surface area contributed by atoms with E-state index >= 15 is 0 Å². The number of hydrogen-bond acceptors (Lipinski definition) is 6. The Balaban J connectivity index is 1.86. The molecule has 2 aromatic rings. The van der Waals surface area contributed by atoms with Crippen molar-refractivity contribution in [3.63, 3.8) is 0 Å². The first-order valence-corrected chi connectivity index (χ1v) is 11.9. The number of imide groups is 1. The fourth-order valence-corrected chi connectivity index (χ4v) is 5.51. The number of carbonyl (C=O) groups excluding carboxylic acids is 3. The van der Waals surface area contributed by atoms with Crippen molar-refractivity contribution in [2.24, 2.45) is 5.92 Å². The van der Waals surface area contributed by atoms with Crippen LogP contribution in [0.3, 0.4) is 0 Å². The second kappa shape index (κ2) is 10.1. The van der Waals surface area contributed by atoms with Crippen molar-refractivity contribution in [1.82, 2.24) is 5.32 Å². The van der Waals surface area contributed by atoms with Gasteiger partial charge in [-0.1, -0.05) is 13.8 Å². The first kappa shape index (κ1) is 22.4. The van der Waals surface area contributed by atoms with Crippen molar-refractivity contribution in [3.05, 3.63) is 45.8 Å². The number of ether oxygens (including phenoxy) is 1. The second-order valence-corrected chi connectivity index (χ2v) is 9.58. The van der Waals surface area contributed by atoms with Crippen LogP contribution >= 0.6 is 23.1 Å². The first-order valence-electron chi connectivity index (χ1n) is 10.1. The zero-order valence-electron chi connectivity index (χ0n) is 17.4. The van der Waals surface area contributed by atoms with Crippen molar-refractivity contribution in [2.75, 3.05) is 17.7 Å². The van der Waals surface area contributed by atoms with Crippen LogP contribution in [0.4, 0.5) is 9.80 Å². The molecule has 0 saturated heterocycles. The molecular formula is C22H26N2O4S2. The van der Waals surface area contributed by atoms with Gasteiger partial charge < -0.3 is 10.1 Å². The third kappa shape index (κ3) is 5.23. The summed E-state index contributed by atoms with van der Waals surface area (Å²) in [5, 5.41) is 5.65. The lowest BCUT2D eigenvalue weighted by molar-refractivity contribution is 0.0925. The van der Waals surface area contributed by atoms with Crippen LogP contribution in [0.1, 0.15) is 58.3 Å². The Morgan fingerprint density at radius 3 is 2.57 bits per heavy atom. The van der Waals surface area contributed by atoms with Gasteiger partial charge in [0.15, 0.2) is 0 Å². The molecule has 160 valence electrons. The molecule has 0 aliphatic heterocycles. The van der Waals surface area contributed by atoms with E-state index in [1.807, 2.05) is 12.1 Å². The lowest BCUT2D eigenvalue weighted by Crippen LogP contribution is -2.32. The van der Waals surface area contributed by atoms with Gasteiger partial charge in [-0.2, -0.15) is 0 Å². The Morgan fingerprint density at radius 1 is 1.17 bits per heavy atom. The lowest BCUT2D eigenvalue weighted by atomic mass is 9.88. The van der Waals surface area contributed by atoms with E-state index in [0.29, 0.717) is 22.0 Å². The summed E-state index contributed by atoms with van der Waals surface area (Å²) < 4.78 is 4.84. The molecule has 1 atom stereocenters. The molecule has 8 heteroatoms. The van der Waals surface area contributed by atoms with Crippen molar-refractivity contribution in [2.45, 2.75) is 44.9 Å². The van der Waals surface area contributed by atoms with Gasteiger partial charge in [-0.15, -0.1) is 23.1 Å². The van der Waals surface area contributed by atoms with Crippen LogP contribution in [-0.2, 0) is 17.6 Å². The summed E-state index contributed by atoms with van der Waals surface area (Å²) in [4.78, 5) is 39.6. The second-order valence-electron chi connectivity index (χ2n) is 7.14. The van der Waals surface area contributed by atoms with Crippen molar-refractivity contribution in [3.8, 4) is 0 Å².